The van der Waals surface area contributed by atoms with Gasteiger partial charge in [0.2, 0.25) is 5.95 Å². The zero-order valence-electron chi connectivity index (χ0n) is 16.1. The van der Waals surface area contributed by atoms with Crippen LogP contribution < -0.4 is 19.3 Å². The smallest absolute Gasteiger partial charge is 0.225 e. The maximum Gasteiger partial charge on any atom is 0.225 e. The molecule has 0 aliphatic carbocycles. The van der Waals surface area contributed by atoms with Gasteiger partial charge < -0.3 is 19.3 Å². The van der Waals surface area contributed by atoms with Gasteiger partial charge >= 0.3 is 0 Å². The number of hydrogen-bond donors (Lipinski definition) is 0. The summed E-state index contributed by atoms with van der Waals surface area (Å²) in [4.78, 5) is 18.2. The summed E-state index contributed by atoms with van der Waals surface area (Å²) in [6.07, 6.45) is 3.63. The van der Waals surface area contributed by atoms with Gasteiger partial charge in [-0.25, -0.2) is 15.0 Å². The molecular weight excluding hydrogens is 354 g/mol. The van der Waals surface area contributed by atoms with Crippen molar-refractivity contribution in [3.8, 4) is 22.8 Å². The molecule has 1 fully saturated rings. The average Bonchev–Trinajstić information content (AvgIpc) is 2.79. The molecule has 4 rings (SSSR count). The SMILES string of the molecule is COc1ccc(-c2ccnc(N3CCN(c4ccccn4)CC3)n2)c(OC)c1. The summed E-state index contributed by atoms with van der Waals surface area (Å²) >= 11 is 0. The topological polar surface area (TPSA) is 63.6 Å². The van der Waals surface area contributed by atoms with Crippen LogP contribution in [-0.2, 0) is 0 Å². The second-order valence-corrected chi connectivity index (χ2v) is 6.47. The predicted molar refractivity (Wildman–Crippen MR) is 109 cm³/mol. The Hall–Kier alpha value is -3.35. The third-order valence-electron chi connectivity index (χ3n) is 4.86. The van der Waals surface area contributed by atoms with Crippen LogP contribution in [-0.4, -0.2) is 55.4 Å². The zero-order chi connectivity index (χ0) is 19.3. The third-order valence-corrected chi connectivity index (χ3v) is 4.86. The number of hydrogen-bond acceptors (Lipinski definition) is 7. The van der Waals surface area contributed by atoms with E-state index in [1.807, 2.05) is 48.7 Å². The molecule has 7 nitrogen and oxygen atoms in total. The second kappa shape index (κ2) is 8.12. The average molecular weight is 377 g/mol. The Morgan fingerprint density at radius 1 is 0.821 bits per heavy atom. The summed E-state index contributed by atoms with van der Waals surface area (Å²) in [6, 6.07) is 13.6. The first-order valence-corrected chi connectivity index (χ1v) is 9.25. The Morgan fingerprint density at radius 2 is 1.64 bits per heavy atom. The molecule has 0 atom stereocenters. The first kappa shape index (κ1) is 18.0. The van der Waals surface area contributed by atoms with Crippen molar-refractivity contribution in [1.82, 2.24) is 15.0 Å². The van der Waals surface area contributed by atoms with Crippen molar-refractivity contribution in [2.75, 3.05) is 50.2 Å². The van der Waals surface area contributed by atoms with E-state index in [0.717, 1.165) is 60.7 Å². The number of piperazine rings is 1. The predicted octanol–water partition coefficient (Wildman–Crippen LogP) is 2.88. The van der Waals surface area contributed by atoms with Crippen LogP contribution in [0, 0.1) is 0 Å². The van der Waals surface area contributed by atoms with Gasteiger partial charge in [0.05, 0.1) is 19.9 Å². The summed E-state index contributed by atoms with van der Waals surface area (Å²) < 4.78 is 10.8. The Morgan fingerprint density at radius 3 is 2.36 bits per heavy atom. The van der Waals surface area contributed by atoms with Crippen LogP contribution >= 0.6 is 0 Å². The van der Waals surface area contributed by atoms with E-state index in [9.17, 15) is 0 Å². The zero-order valence-corrected chi connectivity index (χ0v) is 16.1. The van der Waals surface area contributed by atoms with Crippen molar-refractivity contribution >= 4 is 11.8 Å². The van der Waals surface area contributed by atoms with Gasteiger partial charge in [0.15, 0.2) is 0 Å². The highest BCUT2D eigenvalue weighted by atomic mass is 16.5. The standard InChI is InChI=1S/C21H23N5O2/c1-27-16-6-7-17(19(15-16)28-2)18-8-10-23-21(24-18)26-13-11-25(12-14-26)20-5-3-4-9-22-20/h3-10,15H,11-14H2,1-2H3. The molecule has 0 radical (unpaired) electrons. The van der Waals surface area contributed by atoms with Gasteiger partial charge in [-0.15, -0.1) is 0 Å². The highest BCUT2D eigenvalue weighted by Crippen LogP contribution is 2.32. The van der Waals surface area contributed by atoms with Crippen LogP contribution in [0.2, 0.25) is 0 Å². The molecule has 28 heavy (non-hydrogen) atoms. The molecule has 0 saturated carbocycles. The summed E-state index contributed by atoms with van der Waals surface area (Å²) in [7, 11) is 3.29. The van der Waals surface area contributed by atoms with Crippen LogP contribution in [0.1, 0.15) is 0 Å². The molecule has 0 N–H and O–H groups in total. The molecule has 3 aromatic rings. The minimum absolute atomic E-state index is 0.726. The van der Waals surface area contributed by atoms with Crippen molar-refractivity contribution in [2.45, 2.75) is 0 Å². The molecule has 0 spiro atoms. The van der Waals surface area contributed by atoms with Crippen LogP contribution in [0.3, 0.4) is 0 Å². The number of aromatic nitrogens is 3. The monoisotopic (exact) mass is 377 g/mol. The molecule has 1 aliphatic rings. The van der Waals surface area contributed by atoms with E-state index < -0.39 is 0 Å². The highest BCUT2D eigenvalue weighted by Gasteiger charge is 2.20. The minimum atomic E-state index is 0.726. The summed E-state index contributed by atoms with van der Waals surface area (Å²) in [5.41, 5.74) is 1.75. The Bertz CT molecular complexity index is 927. The maximum atomic E-state index is 5.52. The van der Waals surface area contributed by atoms with Gasteiger partial charge in [-0.2, -0.15) is 0 Å². The third kappa shape index (κ3) is 3.69. The van der Waals surface area contributed by atoms with Crippen LogP contribution in [0.4, 0.5) is 11.8 Å². The lowest BCUT2D eigenvalue weighted by molar-refractivity contribution is 0.395. The number of benzene rings is 1. The minimum Gasteiger partial charge on any atom is -0.497 e. The van der Waals surface area contributed by atoms with Gasteiger partial charge in [0.25, 0.3) is 0 Å². The van der Waals surface area contributed by atoms with E-state index in [1.165, 1.54) is 0 Å². The van der Waals surface area contributed by atoms with Crippen LogP contribution in [0.25, 0.3) is 11.3 Å². The van der Waals surface area contributed by atoms with Crippen molar-refractivity contribution in [2.24, 2.45) is 0 Å². The fourth-order valence-electron chi connectivity index (χ4n) is 3.34. The number of ether oxygens (including phenoxy) is 2. The van der Waals surface area contributed by atoms with Crippen molar-refractivity contribution in [3.05, 3.63) is 54.9 Å². The van der Waals surface area contributed by atoms with Gasteiger partial charge in [-0.05, 0) is 30.3 Å². The molecule has 1 aliphatic heterocycles. The molecule has 0 unspecified atom stereocenters. The summed E-state index contributed by atoms with van der Waals surface area (Å²) in [6.45, 7) is 3.46. The number of rotatable bonds is 5. The molecule has 3 heterocycles. The van der Waals surface area contributed by atoms with Crippen molar-refractivity contribution in [1.29, 1.82) is 0 Å². The normalized spacial score (nSPS) is 14.1. The van der Waals surface area contributed by atoms with E-state index in [2.05, 4.69) is 19.8 Å². The molecule has 1 aromatic carbocycles. The van der Waals surface area contributed by atoms with E-state index in [-0.39, 0.29) is 0 Å². The van der Waals surface area contributed by atoms with E-state index in [1.54, 1.807) is 20.4 Å². The highest BCUT2D eigenvalue weighted by molar-refractivity contribution is 5.69. The molecule has 2 aromatic heterocycles. The van der Waals surface area contributed by atoms with Crippen LogP contribution in [0.15, 0.2) is 54.9 Å². The number of nitrogens with zero attached hydrogens (tertiary/aromatic N) is 5. The van der Waals surface area contributed by atoms with Gasteiger partial charge in [0.1, 0.15) is 17.3 Å². The fourth-order valence-corrected chi connectivity index (χ4v) is 3.34. The first-order chi connectivity index (χ1) is 13.8. The van der Waals surface area contributed by atoms with Gasteiger partial charge in [0, 0.05) is 50.2 Å². The number of methoxy groups -OCH3 is 2. The van der Waals surface area contributed by atoms with Crippen molar-refractivity contribution < 1.29 is 9.47 Å². The molecule has 7 heteroatoms. The van der Waals surface area contributed by atoms with Gasteiger partial charge in [-0.1, -0.05) is 6.07 Å². The molecule has 0 amide bonds. The van der Waals surface area contributed by atoms with E-state index >= 15 is 0 Å². The quantitative estimate of drug-likeness (QED) is 0.677. The second-order valence-electron chi connectivity index (χ2n) is 6.47. The maximum absolute atomic E-state index is 5.52. The molecule has 0 bridgehead atoms. The summed E-state index contributed by atoms with van der Waals surface area (Å²) in [5, 5.41) is 0. The Balaban J connectivity index is 1.52. The number of pyridine rings is 1. The van der Waals surface area contributed by atoms with E-state index in [0.29, 0.717) is 0 Å². The molecular formula is C21H23N5O2. The van der Waals surface area contributed by atoms with Gasteiger partial charge in [-0.3, -0.25) is 0 Å². The number of anilines is 2. The van der Waals surface area contributed by atoms with Crippen LogP contribution in [0.5, 0.6) is 11.5 Å². The van der Waals surface area contributed by atoms with Crippen molar-refractivity contribution in [3.63, 3.8) is 0 Å². The lowest BCUT2D eigenvalue weighted by atomic mass is 10.1. The lowest BCUT2D eigenvalue weighted by Gasteiger charge is -2.35. The Kier molecular flexibility index (Phi) is 5.23. The molecule has 1 saturated heterocycles. The lowest BCUT2D eigenvalue weighted by Crippen LogP contribution is -2.47. The largest absolute Gasteiger partial charge is 0.497 e. The first-order valence-electron chi connectivity index (χ1n) is 9.25. The summed E-state index contributed by atoms with van der Waals surface area (Å²) in [5.74, 6) is 3.22. The molecule has 144 valence electrons. The fraction of sp³-hybridized carbons (Fsp3) is 0.286. The van der Waals surface area contributed by atoms with E-state index in [4.69, 9.17) is 14.5 Å². The Labute approximate surface area is 164 Å².